The summed E-state index contributed by atoms with van der Waals surface area (Å²) in [7, 11) is 0. The summed E-state index contributed by atoms with van der Waals surface area (Å²) in [5, 5.41) is 14.1. The first-order valence-electron chi connectivity index (χ1n) is 6.56. The Morgan fingerprint density at radius 1 is 1.10 bits per heavy atom. The van der Waals surface area contributed by atoms with Crippen LogP contribution in [0.1, 0.15) is 32.6 Å². The van der Waals surface area contributed by atoms with Crippen molar-refractivity contribution in [2.75, 3.05) is 6.54 Å². The van der Waals surface area contributed by atoms with Gasteiger partial charge in [0, 0.05) is 12.1 Å². The summed E-state index contributed by atoms with van der Waals surface area (Å²) in [6, 6.07) is 0.942. The molecule has 1 aromatic heterocycles. The van der Waals surface area contributed by atoms with E-state index in [1.165, 1.54) is 0 Å². The van der Waals surface area contributed by atoms with E-state index in [4.69, 9.17) is 0 Å². The molecule has 1 aromatic carbocycles. The second kappa shape index (κ2) is 6.21. The van der Waals surface area contributed by atoms with E-state index in [1.807, 2.05) is 20.8 Å². The van der Waals surface area contributed by atoms with Crippen LogP contribution in [0.2, 0.25) is 0 Å². The number of hydrogen-bond donors (Lipinski definition) is 1. The minimum Gasteiger partial charge on any atom is -0.307 e. The highest BCUT2D eigenvalue weighted by Crippen LogP contribution is 2.20. The second-order valence-electron chi connectivity index (χ2n) is 5.19. The first-order chi connectivity index (χ1) is 9.90. The summed E-state index contributed by atoms with van der Waals surface area (Å²) in [5.74, 6) is -2.61. The van der Waals surface area contributed by atoms with Gasteiger partial charge in [0.05, 0.1) is 6.04 Å². The smallest absolute Gasteiger partial charge is 0.173 e. The number of tetrazole rings is 1. The van der Waals surface area contributed by atoms with Gasteiger partial charge in [0.1, 0.15) is 5.69 Å². The summed E-state index contributed by atoms with van der Waals surface area (Å²) in [4.78, 5) is 0. The van der Waals surface area contributed by atoms with Crippen LogP contribution >= 0.6 is 0 Å². The SMILES string of the molecule is CC(C)CNC(C)c1nnnn1-c1cc(F)c(F)cc1F. The van der Waals surface area contributed by atoms with Gasteiger partial charge in [-0.3, -0.25) is 0 Å². The van der Waals surface area contributed by atoms with Crippen LogP contribution in [-0.4, -0.2) is 26.8 Å². The number of nitrogens with one attached hydrogen (secondary N) is 1. The van der Waals surface area contributed by atoms with Gasteiger partial charge in [-0.05, 0) is 29.8 Å². The lowest BCUT2D eigenvalue weighted by Crippen LogP contribution is -2.26. The molecule has 1 N–H and O–H groups in total. The fourth-order valence-electron chi connectivity index (χ4n) is 1.81. The highest BCUT2D eigenvalue weighted by Gasteiger charge is 2.20. The monoisotopic (exact) mass is 299 g/mol. The molecule has 0 spiro atoms. The quantitative estimate of drug-likeness (QED) is 0.861. The maximum atomic E-state index is 13.8. The molecule has 0 aliphatic rings. The minimum atomic E-state index is -1.25. The molecular formula is C13H16F3N5. The summed E-state index contributed by atoms with van der Waals surface area (Å²) in [6.07, 6.45) is 0. The zero-order valence-electron chi connectivity index (χ0n) is 11.9. The van der Waals surface area contributed by atoms with Gasteiger partial charge in [-0.25, -0.2) is 13.2 Å². The Kier molecular flexibility index (Phi) is 4.56. The topological polar surface area (TPSA) is 55.6 Å². The molecule has 1 heterocycles. The highest BCUT2D eigenvalue weighted by atomic mass is 19.2. The Hall–Kier alpha value is -1.96. The van der Waals surface area contributed by atoms with Crippen LogP contribution in [0.4, 0.5) is 13.2 Å². The molecule has 5 nitrogen and oxygen atoms in total. The van der Waals surface area contributed by atoms with Crippen molar-refractivity contribution in [2.45, 2.75) is 26.8 Å². The lowest BCUT2D eigenvalue weighted by atomic mass is 10.2. The molecule has 2 rings (SSSR count). The molecule has 0 amide bonds. The van der Waals surface area contributed by atoms with E-state index in [-0.39, 0.29) is 11.7 Å². The van der Waals surface area contributed by atoms with Gasteiger partial charge in [-0.15, -0.1) is 5.10 Å². The van der Waals surface area contributed by atoms with Crippen molar-refractivity contribution in [3.05, 3.63) is 35.4 Å². The van der Waals surface area contributed by atoms with Crippen molar-refractivity contribution in [1.82, 2.24) is 25.5 Å². The molecule has 114 valence electrons. The fourth-order valence-corrected chi connectivity index (χ4v) is 1.81. The van der Waals surface area contributed by atoms with Gasteiger partial charge in [0.2, 0.25) is 0 Å². The lowest BCUT2D eigenvalue weighted by Gasteiger charge is -2.15. The third-order valence-corrected chi connectivity index (χ3v) is 2.93. The van der Waals surface area contributed by atoms with Crippen LogP contribution in [-0.2, 0) is 0 Å². The first kappa shape index (κ1) is 15.4. The Bertz CT molecular complexity index is 626. The molecule has 0 saturated heterocycles. The first-order valence-corrected chi connectivity index (χ1v) is 6.56. The van der Waals surface area contributed by atoms with Crippen LogP contribution in [0, 0.1) is 23.4 Å². The van der Waals surface area contributed by atoms with Gasteiger partial charge in [0.15, 0.2) is 23.3 Å². The van der Waals surface area contributed by atoms with Crippen molar-refractivity contribution >= 4 is 0 Å². The van der Waals surface area contributed by atoms with Gasteiger partial charge >= 0.3 is 0 Å². The van der Waals surface area contributed by atoms with Crippen molar-refractivity contribution in [1.29, 1.82) is 0 Å². The van der Waals surface area contributed by atoms with Crippen molar-refractivity contribution in [3.8, 4) is 5.69 Å². The summed E-state index contributed by atoms with van der Waals surface area (Å²) in [6.45, 7) is 6.60. The summed E-state index contributed by atoms with van der Waals surface area (Å²) < 4.78 is 41.2. The van der Waals surface area contributed by atoms with Crippen molar-refractivity contribution in [2.24, 2.45) is 5.92 Å². The van der Waals surface area contributed by atoms with Gasteiger partial charge in [-0.1, -0.05) is 13.8 Å². The Morgan fingerprint density at radius 3 is 2.43 bits per heavy atom. The summed E-state index contributed by atoms with van der Waals surface area (Å²) in [5.41, 5.74) is -0.230. The molecular weight excluding hydrogens is 283 g/mol. The predicted molar refractivity (Wildman–Crippen MR) is 70.3 cm³/mol. The number of hydrogen-bond acceptors (Lipinski definition) is 4. The number of halogens is 3. The van der Waals surface area contributed by atoms with Crippen LogP contribution in [0.25, 0.3) is 5.69 Å². The zero-order valence-corrected chi connectivity index (χ0v) is 11.9. The van der Waals surface area contributed by atoms with E-state index in [0.717, 1.165) is 10.7 Å². The number of aromatic nitrogens is 4. The molecule has 1 unspecified atom stereocenters. The molecule has 0 aliphatic heterocycles. The maximum Gasteiger partial charge on any atom is 0.173 e. The molecule has 0 radical (unpaired) electrons. The third-order valence-electron chi connectivity index (χ3n) is 2.93. The van der Waals surface area contributed by atoms with Crippen LogP contribution in [0.5, 0.6) is 0 Å². The average Bonchev–Trinajstić information content (AvgIpc) is 2.89. The Balaban J connectivity index is 2.34. The predicted octanol–water partition coefficient (Wildman–Crippen LogP) is 2.39. The van der Waals surface area contributed by atoms with Gasteiger partial charge < -0.3 is 5.32 Å². The standard InChI is InChI=1S/C13H16F3N5/c1-7(2)6-17-8(3)13-18-19-20-21(13)12-5-10(15)9(14)4-11(12)16/h4-5,7-8,17H,6H2,1-3H3. The van der Waals surface area contributed by atoms with E-state index in [0.29, 0.717) is 24.4 Å². The second-order valence-corrected chi connectivity index (χ2v) is 5.19. The lowest BCUT2D eigenvalue weighted by molar-refractivity contribution is 0.468. The Labute approximate surface area is 120 Å². The molecule has 21 heavy (non-hydrogen) atoms. The maximum absolute atomic E-state index is 13.8. The van der Waals surface area contributed by atoms with E-state index in [1.54, 1.807) is 0 Å². The van der Waals surface area contributed by atoms with E-state index in [9.17, 15) is 13.2 Å². The molecule has 0 aliphatic carbocycles. The number of benzene rings is 1. The van der Waals surface area contributed by atoms with E-state index < -0.39 is 17.5 Å². The molecule has 0 saturated carbocycles. The molecule has 2 aromatic rings. The summed E-state index contributed by atoms with van der Waals surface area (Å²) >= 11 is 0. The van der Waals surface area contributed by atoms with Crippen molar-refractivity contribution < 1.29 is 13.2 Å². The largest absolute Gasteiger partial charge is 0.307 e. The highest BCUT2D eigenvalue weighted by molar-refractivity contribution is 5.34. The number of nitrogens with zero attached hydrogens (tertiary/aromatic N) is 4. The normalized spacial score (nSPS) is 12.9. The van der Waals surface area contributed by atoms with Crippen LogP contribution < -0.4 is 5.32 Å². The third kappa shape index (κ3) is 3.38. The van der Waals surface area contributed by atoms with E-state index >= 15 is 0 Å². The average molecular weight is 299 g/mol. The minimum absolute atomic E-state index is 0.230. The molecule has 1 atom stereocenters. The van der Waals surface area contributed by atoms with Gasteiger partial charge in [-0.2, -0.15) is 4.68 Å². The van der Waals surface area contributed by atoms with Crippen LogP contribution in [0.15, 0.2) is 12.1 Å². The van der Waals surface area contributed by atoms with Gasteiger partial charge in [0.25, 0.3) is 0 Å². The fraction of sp³-hybridized carbons (Fsp3) is 0.462. The molecule has 8 heteroatoms. The zero-order chi connectivity index (χ0) is 15.6. The number of rotatable bonds is 5. The molecule has 0 bridgehead atoms. The van der Waals surface area contributed by atoms with Crippen LogP contribution in [0.3, 0.4) is 0 Å². The molecule has 0 fully saturated rings. The Morgan fingerprint density at radius 2 is 1.76 bits per heavy atom. The van der Waals surface area contributed by atoms with Crippen molar-refractivity contribution in [3.63, 3.8) is 0 Å². The van der Waals surface area contributed by atoms with E-state index in [2.05, 4.69) is 20.8 Å².